The number of carbonyl (C=O) groups excluding carboxylic acids is 3. The Morgan fingerprint density at radius 3 is 2.66 bits per heavy atom. The maximum atomic E-state index is 13.5. The Kier molecular flexibility index (Phi) is 6.90. The molecule has 2 amide bonds. The normalized spacial score (nSPS) is 19.8. The van der Waals surface area contributed by atoms with Crippen LogP contribution < -0.4 is 4.74 Å². The molecule has 3 rings (SSSR count). The van der Waals surface area contributed by atoms with Gasteiger partial charge in [0.25, 0.3) is 0 Å². The van der Waals surface area contributed by atoms with E-state index in [0.717, 1.165) is 0 Å². The zero-order valence-corrected chi connectivity index (χ0v) is 16.3. The van der Waals surface area contributed by atoms with Crippen molar-refractivity contribution in [2.75, 3.05) is 32.9 Å². The lowest BCUT2D eigenvalue weighted by atomic mass is 10.0. The summed E-state index contributed by atoms with van der Waals surface area (Å²) in [6.45, 7) is 2.94. The number of rotatable bonds is 7. The SMILES string of the molecule is CCOC(=O)C1COC(=O)N1C1CCN(C(=O)CCOc2ccccc2F)CC1. The minimum atomic E-state index is -0.733. The Morgan fingerprint density at radius 1 is 1.24 bits per heavy atom. The van der Waals surface area contributed by atoms with Crippen molar-refractivity contribution in [2.24, 2.45) is 0 Å². The number of cyclic esters (lactones) is 1. The molecule has 0 radical (unpaired) electrons. The summed E-state index contributed by atoms with van der Waals surface area (Å²) in [5, 5.41) is 0. The fourth-order valence-corrected chi connectivity index (χ4v) is 3.62. The molecule has 0 saturated carbocycles. The molecular weight excluding hydrogens is 383 g/mol. The van der Waals surface area contributed by atoms with Gasteiger partial charge in [0, 0.05) is 19.1 Å². The summed E-state index contributed by atoms with van der Waals surface area (Å²) in [4.78, 5) is 39.7. The van der Waals surface area contributed by atoms with Crippen LogP contribution in [0, 0.1) is 5.82 Å². The van der Waals surface area contributed by atoms with E-state index in [4.69, 9.17) is 14.2 Å². The third kappa shape index (κ3) is 4.96. The molecule has 1 unspecified atom stereocenters. The lowest BCUT2D eigenvalue weighted by Gasteiger charge is -2.37. The van der Waals surface area contributed by atoms with Gasteiger partial charge >= 0.3 is 12.1 Å². The molecular formula is C20H25FN2O6. The average molecular weight is 408 g/mol. The number of benzene rings is 1. The number of hydrogen-bond acceptors (Lipinski definition) is 6. The van der Waals surface area contributed by atoms with Crippen molar-refractivity contribution in [3.8, 4) is 5.75 Å². The number of nitrogens with zero attached hydrogens (tertiary/aromatic N) is 2. The number of halogens is 1. The Labute approximate surface area is 168 Å². The van der Waals surface area contributed by atoms with Crippen LogP contribution in [0.4, 0.5) is 9.18 Å². The number of hydrogen-bond donors (Lipinski definition) is 0. The highest BCUT2D eigenvalue weighted by atomic mass is 19.1. The van der Waals surface area contributed by atoms with E-state index >= 15 is 0 Å². The summed E-state index contributed by atoms with van der Waals surface area (Å²) in [5.41, 5.74) is 0. The molecule has 2 aliphatic rings. The van der Waals surface area contributed by atoms with Crippen molar-refractivity contribution in [3.05, 3.63) is 30.1 Å². The minimum Gasteiger partial charge on any atom is -0.490 e. The summed E-state index contributed by atoms with van der Waals surface area (Å²) in [7, 11) is 0. The van der Waals surface area contributed by atoms with Crippen LogP contribution in [0.25, 0.3) is 0 Å². The fourth-order valence-electron chi connectivity index (χ4n) is 3.62. The van der Waals surface area contributed by atoms with Crippen molar-refractivity contribution in [1.82, 2.24) is 9.80 Å². The summed E-state index contributed by atoms with van der Waals surface area (Å²) < 4.78 is 28.9. The molecule has 0 bridgehead atoms. The molecule has 0 spiro atoms. The van der Waals surface area contributed by atoms with Gasteiger partial charge in [-0.05, 0) is 31.9 Å². The monoisotopic (exact) mass is 408 g/mol. The Hall–Kier alpha value is -2.84. The van der Waals surface area contributed by atoms with Crippen LogP contribution in [0.2, 0.25) is 0 Å². The van der Waals surface area contributed by atoms with Crippen LogP contribution in [0.1, 0.15) is 26.2 Å². The van der Waals surface area contributed by atoms with Gasteiger partial charge in [0.15, 0.2) is 17.6 Å². The first-order chi connectivity index (χ1) is 14.0. The van der Waals surface area contributed by atoms with Crippen molar-refractivity contribution in [2.45, 2.75) is 38.3 Å². The molecule has 2 aliphatic heterocycles. The highest BCUT2D eigenvalue weighted by Gasteiger charge is 2.44. The predicted octanol–water partition coefficient (Wildman–Crippen LogP) is 1.97. The second-order valence-electron chi connectivity index (χ2n) is 6.89. The number of carbonyl (C=O) groups is 3. The van der Waals surface area contributed by atoms with Gasteiger partial charge in [-0.15, -0.1) is 0 Å². The Balaban J connectivity index is 1.47. The lowest BCUT2D eigenvalue weighted by molar-refractivity contribution is -0.149. The van der Waals surface area contributed by atoms with Crippen LogP contribution in [0.3, 0.4) is 0 Å². The second-order valence-corrected chi connectivity index (χ2v) is 6.89. The fraction of sp³-hybridized carbons (Fsp3) is 0.550. The highest BCUT2D eigenvalue weighted by Crippen LogP contribution is 2.25. The van der Waals surface area contributed by atoms with E-state index < -0.39 is 23.9 Å². The van der Waals surface area contributed by atoms with E-state index in [9.17, 15) is 18.8 Å². The predicted molar refractivity (Wildman–Crippen MR) is 99.7 cm³/mol. The highest BCUT2D eigenvalue weighted by molar-refractivity contribution is 5.84. The zero-order valence-electron chi connectivity index (χ0n) is 16.3. The molecule has 0 aromatic heterocycles. The average Bonchev–Trinajstić information content (AvgIpc) is 3.11. The van der Waals surface area contributed by atoms with E-state index in [1.165, 1.54) is 17.0 Å². The maximum Gasteiger partial charge on any atom is 0.410 e. The van der Waals surface area contributed by atoms with Crippen LogP contribution >= 0.6 is 0 Å². The third-order valence-corrected chi connectivity index (χ3v) is 5.09. The molecule has 2 fully saturated rings. The quantitative estimate of drug-likeness (QED) is 0.642. The summed E-state index contributed by atoms with van der Waals surface area (Å²) >= 11 is 0. The molecule has 158 valence electrons. The third-order valence-electron chi connectivity index (χ3n) is 5.09. The van der Waals surface area contributed by atoms with E-state index in [2.05, 4.69) is 0 Å². The smallest absolute Gasteiger partial charge is 0.410 e. The number of piperidine rings is 1. The standard InChI is InChI=1S/C20H25FN2O6/c1-2-27-19(25)16-13-29-20(26)23(16)14-7-10-22(11-8-14)18(24)9-12-28-17-6-4-3-5-15(17)21/h3-6,14,16H,2,7-13H2,1H3. The first kappa shape index (κ1) is 20.9. The molecule has 9 heteroatoms. The van der Waals surface area contributed by atoms with Gasteiger partial charge in [0.2, 0.25) is 5.91 Å². The van der Waals surface area contributed by atoms with E-state index in [0.29, 0.717) is 25.9 Å². The number of likely N-dealkylation sites (tertiary alicyclic amines) is 1. The summed E-state index contributed by atoms with van der Waals surface area (Å²) in [6.07, 6.45) is 0.706. The van der Waals surface area contributed by atoms with Gasteiger partial charge in [-0.25, -0.2) is 14.0 Å². The molecule has 1 atom stereocenters. The van der Waals surface area contributed by atoms with Gasteiger partial charge in [-0.3, -0.25) is 9.69 Å². The van der Waals surface area contributed by atoms with E-state index in [1.54, 1.807) is 24.0 Å². The van der Waals surface area contributed by atoms with Gasteiger partial charge in [-0.2, -0.15) is 0 Å². The van der Waals surface area contributed by atoms with Crippen LogP contribution in [-0.4, -0.2) is 72.8 Å². The lowest BCUT2D eigenvalue weighted by Crippen LogP contribution is -2.52. The molecule has 1 aromatic rings. The van der Waals surface area contributed by atoms with Crippen molar-refractivity contribution >= 4 is 18.0 Å². The number of amides is 2. The molecule has 29 heavy (non-hydrogen) atoms. The minimum absolute atomic E-state index is 0.00973. The maximum absolute atomic E-state index is 13.5. The van der Waals surface area contributed by atoms with Gasteiger partial charge in [0.1, 0.15) is 6.61 Å². The summed E-state index contributed by atoms with van der Waals surface area (Å²) in [6, 6.07) is 5.13. The van der Waals surface area contributed by atoms with Gasteiger partial charge in [0.05, 0.1) is 19.6 Å². The molecule has 0 aliphatic carbocycles. The number of ether oxygens (including phenoxy) is 3. The first-order valence-corrected chi connectivity index (χ1v) is 9.78. The van der Waals surface area contributed by atoms with Crippen molar-refractivity contribution < 1.29 is 33.0 Å². The molecule has 2 heterocycles. The van der Waals surface area contributed by atoms with Crippen LogP contribution in [0.15, 0.2) is 24.3 Å². The van der Waals surface area contributed by atoms with E-state index in [-0.39, 0.29) is 43.9 Å². The van der Waals surface area contributed by atoms with Crippen LogP contribution in [-0.2, 0) is 19.1 Å². The Morgan fingerprint density at radius 2 is 1.97 bits per heavy atom. The number of para-hydroxylation sites is 1. The molecule has 1 aromatic carbocycles. The van der Waals surface area contributed by atoms with E-state index in [1.807, 2.05) is 0 Å². The number of esters is 1. The Bertz CT molecular complexity index is 750. The largest absolute Gasteiger partial charge is 0.490 e. The molecule has 8 nitrogen and oxygen atoms in total. The van der Waals surface area contributed by atoms with Crippen molar-refractivity contribution in [3.63, 3.8) is 0 Å². The molecule has 2 saturated heterocycles. The topological polar surface area (TPSA) is 85.4 Å². The zero-order chi connectivity index (χ0) is 20.8. The van der Waals surface area contributed by atoms with Crippen molar-refractivity contribution in [1.29, 1.82) is 0 Å². The van der Waals surface area contributed by atoms with Gasteiger partial charge in [-0.1, -0.05) is 12.1 Å². The van der Waals surface area contributed by atoms with Gasteiger partial charge < -0.3 is 19.1 Å². The summed E-state index contributed by atoms with van der Waals surface area (Å²) in [5.74, 6) is -0.904. The van der Waals surface area contributed by atoms with Crippen LogP contribution in [0.5, 0.6) is 5.75 Å². The second kappa shape index (κ2) is 9.58. The first-order valence-electron chi connectivity index (χ1n) is 9.78. The molecule has 0 N–H and O–H groups in total.